The van der Waals surface area contributed by atoms with Gasteiger partial charge in [-0.15, -0.1) is 0 Å². The van der Waals surface area contributed by atoms with Gasteiger partial charge in [-0.25, -0.2) is 4.39 Å². The molecule has 3 rings (SSSR count). The molecule has 0 radical (unpaired) electrons. The fraction of sp³-hybridized carbons (Fsp3) is 0.440. The minimum Gasteiger partial charge on any atom is -0.381 e. The Morgan fingerprint density at radius 3 is 2.56 bits per heavy atom. The molecule has 0 spiro atoms. The van der Waals surface area contributed by atoms with E-state index in [1.807, 2.05) is 43.3 Å². The highest BCUT2D eigenvalue weighted by Crippen LogP contribution is 2.35. The van der Waals surface area contributed by atoms with Gasteiger partial charge in [0.1, 0.15) is 5.82 Å². The first kappa shape index (κ1) is 23.7. The number of rotatable bonds is 8. The van der Waals surface area contributed by atoms with Gasteiger partial charge in [0, 0.05) is 44.3 Å². The minimum absolute atomic E-state index is 0.0859. The van der Waals surface area contributed by atoms with E-state index >= 15 is 0 Å². The monoisotopic (exact) mass is 440 g/mol. The van der Waals surface area contributed by atoms with Gasteiger partial charge in [0.2, 0.25) is 0 Å². The molecule has 0 atom stereocenters. The van der Waals surface area contributed by atoms with Crippen molar-refractivity contribution >= 4 is 11.9 Å². The number of amides is 1. The number of aliphatic imine (C=N–C) groups is 1. The summed E-state index contributed by atoms with van der Waals surface area (Å²) in [5.41, 5.74) is 2.69. The number of hydrogen-bond donors (Lipinski definition) is 3. The molecule has 0 saturated carbocycles. The number of guanidine groups is 1. The van der Waals surface area contributed by atoms with Crippen LogP contribution in [0, 0.1) is 5.82 Å². The lowest BCUT2D eigenvalue weighted by atomic mass is 9.74. The van der Waals surface area contributed by atoms with Crippen LogP contribution in [-0.2, 0) is 16.6 Å². The Bertz CT molecular complexity index is 908. The van der Waals surface area contributed by atoms with E-state index in [0.717, 1.165) is 42.9 Å². The predicted molar refractivity (Wildman–Crippen MR) is 126 cm³/mol. The Morgan fingerprint density at radius 1 is 1.12 bits per heavy atom. The molecule has 1 aliphatic heterocycles. The predicted octanol–water partition coefficient (Wildman–Crippen LogP) is 3.03. The second kappa shape index (κ2) is 11.6. The van der Waals surface area contributed by atoms with E-state index < -0.39 is 0 Å². The van der Waals surface area contributed by atoms with Crippen LogP contribution in [0.2, 0.25) is 0 Å². The first-order chi connectivity index (χ1) is 15.6. The molecule has 1 amide bonds. The van der Waals surface area contributed by atoms with E-state index in [9.17, 15) is 9.18 Å². The zero-order chi connectivity index (χ0) is 22.8. The fourth-order valence-corrected chi connectivity index (χ4v) is 4.01. The van der Waals surface area contributed by atoms with E-state index in [1.165, 1.54) is 12.1 Å². The molecule has 0 bridgehead atoms. The third kappa shape index (κ3) is 6.29. The highest BCUT2D eigenvalue weighted by atomic mass is 19.1. The van der Waals surface area contributed by atoms with Gasteiger partial charge in [0.25, 0.3) is 5.91 Å². The van der Waals surface area contributed by atoms with Crippen molar-refractivity contribution in [2.45, 2.75) is 31.6 Å². The summed E-state index contributed by atoms with van der Waals surface area (Å²) < 4.78 is 19.1. The van der Waals surface area contributed by atoms with Crippen molar-refractivity contribution in [2.24, 2.45) is 4.99 Å². The summed E-state index contributed by atoms with van der Waals surface area (Å²) in [5.74, 6) is 0.440. The van der Waals surface area contributed by atoms with Crippen molar-refractivity contribution in [1.29, 1.82) is 0 Å². The van der Waals surface area contributed by atoms with Crippen LogP contribution in [-0.4, -0.2) is 51.8 Å². The summed E-state index contributed by atoms with van der Waals surface area (Å²) >= 11 is 0. The third-order valence-corrected chi connectivity index (χ3v) is 5.91. The second-order valence-corrected chi connectivity index (χ2v) is 8.05. The zero-order valence-electron chi connectivity index (χ0n) is 18.9. The van der Waals surface area contributed by atoms with Gasteiger partial charge in [0.05, 0.1) is 6.54 Å². The molecular formula is C25H33FN4O2. The number of nitrogens with zero attached hydrogens (tertiary/aromatic N) is 1. The van der Waals surface area contributed by atoms with Gasteiger partial charge < -0.3 is 20.7 Å². The maximum atomic E-state index is 13.5. The summed E-state index contributed by atoms with van der Waals surface area (Å²) in [5, 5.41) is 9.36. The fourth-order valence-electron chi connectivity index (χ4n) is 4.01. The van der Waals surface area contributed by atoms with E-state index in [0.29, 0.717) is 31.9 Å². The van der Waals surface area contributed by atoms with Crippen LogP contribution in [0.15, 0.2) is 53.5 Å². The molecule has 1 fully saturated rings. The van der Waals surface area contributed by atoms with Gasteiger partial charge in [-0.05, 0) is 61.6 Å². The number of ether oxygens (including phenoxy) is 1. The smallest absolute Gasteiger partial charge is 0.251 e. The SMILES string of the molecule is CCNC(=NCC1(c2ccc(F)cc2)CCOCC1)NCCc1cccc(C(=O)NC)c1. The van der Waals surface area contributed by atoms with Crippen LogP contribution in [0.4, 0.5) is 4.39 Å². The third-order valence-electron chi connectivity index (χ3n) is 5.91. The topological polar surface area (TPSA) is 74.8 Å². The molecule has 0 aliphatic carbocycles. The summed E-state index contributed by atoms with van der Waals surface area (Å²) in [6.07, 6.45) is 2.48. The molecule has 0 unspecified atom stereocenters. The van der Waals surface area contributed by atoms with Crippen LogP contribution >= 0.6 is 0 Å². The van der Waals surface area contributed by atoms with E-state index in [2.05, 4.69) is 16.0 Å². The van der Waals surface area contributed by atoms with Gasteiger partial charge in [-0.1, -0.05) is 24.3 Å². The van der Waals surface area contributed by atoms with Crippen molar-refractivity contribution in [2.75, 3.05) is 39.9 Å². The lowest BCUT2D eigenvalue weighted by Gasteiger charge is -2.36. The number of carbonyl (C=O) groups is 1. The quantitative estimate of drug-likeness (QED) is 0.436. The molecule has 0 aromatic heterocycles. The lowest BCUT2D eigenvalue weighted by molar-refractivity contribution is 0.0531. The Balaban J connectivity index is 1.66. The van der Waals surface area contributed by atoms with E-state index in [4.69, 9.17) is 9.73 Å². The zero-order valence-corrected chi connectivity index (χ0v) is 18.9. The normalized spacial score (nSPS) is 15.8. The summed E-state index contributed by atoms with van der Waals surface area (Å²) in [4.78, 5) is 16.7. The molecule has 1 aliphatic rings. The van der Waals surface area contributed by atoms with Gasteiger partial charge in [-0.2, -0.15) is 0 Å². The average Bonchev–Trinajstić information content (AvgIpc) is 2.83. The van der Waals surface area contributed by atoms with Crippen LogP contribution in [0.1, 0.15) is 41.3 Å². The maximum Gasteiger partial charge on any atom is 0.251 e. The second-order valence-electron chi connectivity index (χ2n) is 8.05. The van der Waals surface area contributed by atoms with Crippen molar-refractivity contribution in [3.8, 4) is 0 Å². The first-order valence-corrected chi connectivity index (χ1v) is 11.2. The molecule has 172 valence electrons. The number of halogens is 1. The Kier molecular flexibility index (Phi) is 8.62. The number of carbonyl (C=O) groups excluding carboxylic acids is 1. The van der Waals surface area contributed by atoms with Gasteiger partial charge in [0.15, 0.2) is 5.96 Å². The highest BCUT2D eigenvalue weighted by Gasteiger charge is 2.34. The number of nitrogens with one attached hydrogen (secondary N) is 3. The maximum absolute atomic E-state index is 13.5. The average molecular weight is 441 g/mol. The molecule has 3 N–H and O–H groups in total. The standard InChI is InChI=1S/C25H33FN4O2/c1-3-28-24(29-14-11-19-5-4-6-20(17-19)23(31)27-2)30-18-25(12-15-32-16-13-25)21-7-9-22(26)10-8-21/h4-10,17H,3,11-16,18H2,1-2H3,(H,27,31)(H2,28,29,30). The molecule has 32 heavy (non-hydrogen) atoms. The van der Waals surface area contributed by atoms with Crippen molar-refractivity contribution in [1.82, 2.24) is 16.0 Å². The number of hydrogen-bond acceptors (Lipinski definition) is 3. The highest BCUT2D eigenvalue weighted by molar-refractivity contribution is 5.94. The summed E-state index contributed by atoms with van der Waals surface area (Å²) in [7, 11) is 1.63. The van der Waals surface area contributed by atoms with Crippen molar-refractivity contribution in [3.63, 3.8) is 0 Å². The molecular weight excluding hydrogens is 407 g/mol. The lowest BCUT2D eigenvalue weighted by Crippen LogP contribution is -2.41. The summed E-state index contributed by atoms with van der Waals surface area (Å²) in [6.45, 7) is 5.44. The van der Waals surface area contributed by atoms with Crippen LogP contribution < -0.4 is 16.0 Å². The molecule has 6 nitrogen and oxygen atoms in total. The molecule has 2 aromatic rings. The van der Waals surface area contributed by atoms with Crippen LogP contribution in [0.25, 0.3) is 0 Å². The minimum atomic E-state index is -0.227. The Morgan fingerprint density at radius 2 is 1.88 bits per heavy atom. The van der Waals surface area contributed by atoms with Crippen molar-refractivity contribution in [3.05, 3.63) is 71.0 Å². The van der Waals surface area contributed by atoms with Crippen molar-refractivity contribution < 1.29 is 13.9 Å². The molecule has 2 aromatic carbocycles. The first-order valence-electron chi connectivity index (χ1n) is 11.2. The molecule has 1 heterocycles. The van der Waals surface area contributed by atoms with Crippen LogP contribution in [0.3, 0.4) is 0 Å². The van der Waals surface area contributed by atoms with E-state index in [-0.39, 0.29) is 17.1 Å². The number of benzene rings is 2. The van der Waals surface area contributed by atoms with Gasteiger partial charge >= 0.3 is 0 Å². The summed E-state index contributed by atoms with van der Waals surface area (Å²) in [6, 6.07) is 14.4. The van der Waals surface area contributed by atoms with E-state index in [1.54, 1.807) is 7.05 Å². The van der Waals surface area contributed by atoms with Gasteiger partial charge in [-0.3, -0.25) is 9.79 Å². The largest absolute Gasteiger partial charge is 0.381 e. The Labute approximate surface area is 189 Å². The molecule has 1 saturated heterocycles. The molecule has 7 heteroatoms. The van der Waals surface area contributed by atoms with Crippen LogP contribution in [0.5, 0.6) is 0 Å². The Hall–Kier alpha value is -2.93.